The molecule has 1 aromatic heterocycles. The Kier molecular flexibility index (Phi) is 4.98. The Morgan fingerprint density at radius 1 is 1.23 bits per heavy atom. The molecule has 2 aromatic carbocycles. The molecule has 154 valence electrons. The predicted octanol–water partition coefficient (Wildman–Crippen LogP) is 5.25. The van der Waals surface area contributed by atoms with Gasteiger partial charge in [-0.25, -0.2) is 0 Å². The van der Waals surface area contributed by atoms with Crippen molar-refractivity contribution in [2.24, 2.45) is 0 Å². The number of phenols is 1. The zero-order valence-corrected chi connectivity index (χ0v) is 17.9. The van der Waals surface area contributed by atoms with Gasteiger partial charge in [-0.05, 0) is 48.1 Å². The summed E-state index contributed by atoms with van der Waals surface area (Å²) in [5.41, 5.74) is 6.61. The second-order valence-corrected chi connectivity index (χ2v) is 8.31. The average molecular weight is 402 g/mol. The number of nitrogens with one attached hydrogen (secondary N) is 1. The molecular formula is C25H27N3O2. The molecule has 5 heteroatoms. The summed E-state index contributed by atoms with van der Waals surface area (Å²) >= 11 is 0. The van der Waals surface area contributed by atoms with Crippen LogP contribution in [-0.4, -0.2) is 32.7 Å². The zero-order chi connectivity index (χ0) is 21.6. The first-order chi connectivity index (χ1) is 14.3. The van der Waals surface area contributed by atoms with Gasteiger partial charge in [0.1, 0.15) is 17.1 Å². The minimum Gasteiger partial charge on any atom is -0.507 e. The van der Waals surface area contributed by atoms with Crippen LogP contribution in [0.3, 0.4) is 0 Å². The van der Waals surface area contributed by atoms with E-state index in [0.29, 0.717) is 29.4 Å². The summed E-state index contributed by atoms with van der Waals surface area (Å²) in [6, 6.07) is 11.9. The van der Waals surface area contributed by atoms with E-state index in [0.717, 1.165) is 22.3 Å². The van der Waals surface area contributed by atoms with E-state index < -0.39 is 0 Å². The van der Waals surface area contributed by atoms with Crippen molar-refractivity contribution < 1.29 is 9.90 Å². The molecule has 30 heavy (non-hydrogen) atoms. The average Bonchev–Trinajstić information content (AvgIpc) is 3.25. The minimum absolute atomic E-state index is 0.106. The Morgan fingerprint density at radius 3 is 2.57 bits per heavy atom. The number of rotatable bonds is 5. The molecule has 1 atom stereocenters. The predicted molar refractivity (Wildman–Crippen MR) is 119 cm³/mol. The molecule has 1 amide bonds. The lowest BCUT2D eigenvalue weighted by molar-refractivity contribution is 0.0764. The van der Waals surface area contributed by atoms with Crippen LogP contribution in [0.5, 0.6) is 5.75 Å². The largest absolute Gasteiger partial charge is 0.507 e. The van der Waals surface area contributed by atoms with E-state index in [4.69, 9.17) is 0 Å². The lowest BCUT2D eigenvalue weighted by Crippen LogP contribution is -2.29. The molecule has 1 aliphatic heterocycles. The Balaban J connectivity index is 1.91. The molecule has 1 aliphatic rings. The van der Waals surface area contributed by atoms with Crippen molar-refractivity contribution in [2.45, 2.75) is 39.7 Å². The highest BCUT2D eigenvalue weighted by Crippen LogP contribution is 2.45. The number of aromatic hydroxyl groups is 1. The Morgan fingerprint density at radius 2 is 1.93 bits per heavy atom. The summed E-state index contributed by atoms with van der Waals surface area (Å²) in [5.74, 6) is 0.518. The first kappa shape index (κ1) is 20.0. The summed E-state index contributed by atoms with van der Waals surface area (Å²) in [6.07, 6.45) is 1.74. The summed E-state index contributed by atoms with van der Waals surface area (Å²) in [5, 5.41) is 18.1. The lowest BCUT2D eigenvalue weighted by Gasteiger charge is -2.25. The van der Waals surface area contributed by atoms with Gasteiger partial charge >= 0.3 is 0 Å². The molecule has 4 rings (SSSR count). The molecule has 0 radical (unpaired) electrons. The SMILES string of the molecule is C=CCN1C(=O)c2[nH]nc(-c3cc(C)cc(C)c3O)c2C1c1ccc(C(C)C)cc1. The maximum atomic E-state index is 13.2. The molecule has 0 saturated heterocycles. The van der Waals surface area contributed by atoms with Gasteiger partial charge in [0, 0.05) is 17.7 Å². The third-order valence-corrected chi connectivity index (χ3v) is 5.81. The third kappa shape index (κ3) is 3.11. The van der Waals surface area contributed by atoms with Crippen LogP contribution in [0.15, 0.2) is 49.1 Å². The maximum absolute atomic E-state index is 13.2. The molecule has 2 N–H and O–H groups in total. The van der Waals surface area contributed by atoms with Crippen LogP contribution in [0, 0.1) is 13.8 Å². The Bertz CT molecular complexity index is 1130. The number of fused-ring (bicyclic) bond motifs is 1. The number of carbonyl (C=O) groups is 1. The van der Waals surface area contributed by atoms with Crippen LogP contribution < -0.4 is 0 Å². The monoisotopic (exact) mass is 401 g/mol. The van der Waals surface area contributed by atoms with Gasteiger partial charge in [0.15, 0.2) is 0 Å². The fourth-order valence-electron chi connectivity index (χ4n) is 4.28. The molecular weight excluding hydrogens is 374 g/mol. The molecule has 2 heterocycles. The molecule has 0 bridgehead atoms. The fraction of sp³-hybridized carbons (Fsp3) is 0.280. The molecule has 0 spiro atoms. The van der Waals surface area contributed by atoms with Crippen LogP contribution in [0.4, 0.5) is 0 Å². The number of H-pyrrole nitrogens is 1. The summed E-state index contributed by atoms with van der Waals surface area (Å²) in [6.45, 7) is 12.4. The highest BCUT2D eigenvalue weighted by atomic mass is 16.3. The smallest absolute Gasteiger partial charge is 0.273 e. The van der Waals surface area contributed by atoms with E-state index in [1.54, 1.807) is 11.0 Å². The summed E-state index contributed by atoms with van der Waals surface area (Å²) < 4.78 is 0. The molecule has 3 aromatic rings. The van der Waals surface area contributed by atoms with E-state index in [1.807, 2.05) is 26.0 Å². The van der Waals surface area contributed by atoms with E-state index in [-0.39, 0.29) is 17.7 Å². The number of hydrogen-bond acceptors (Lipinski definition) is 3. The van der Waals surface area contributed by atoms with Crippen molar-refractivity contribution in [3.8, 4) is 17.0 Å². The second kappa shape index (κ2) is 7.48. The number of aryl methyl sites for hydroxylation is 2. The van der Waals surface area contributed by atoms with Crippen LogP contribution in [-0.2, 0) is 0 Å². The van der Waals surface area contributed by atoms with Gasteiger partial charge in [-0.3, -0.25) is 9.89 Å². The molecule has 0 fully saturated rings. The summed E-state index contributed by atoms with van der Waals surface area (Å²) in [4.78, 5) is 14.9. The van der Waals surface area contributed by atoms with Crippen molar-refractivity contribution in [3.63, 3.8) is 0 Å². The van der Waals surface area contributed by atoms with Gasteiger partial charge in [-0.1, -0.05) is 50.3 Å². The second-order valence-electron chi connectivity index (χ2n) is 8.31. The molecule has 5 nitrogen and oxygen atoms in total. The number of nitrogens with zero attached hydrogens (tertiary/aromatic N) is 2. The third-order valence-electron chi connectivity index (χ3n) is 5.81. The van der Waals surface area contributed by atoms with Gasteiger partial charge in [-0.2, -0.15) is 5.10 Å². The standard InChI is InChI=1S/C25H27N3O2/c1-6-11-28-23(18-9-7-17(8-10-18)14(2)3)20-21(26-27-22(20)25(28)30)19-13-15(4)12-16(5)24(19)29/h6-10,12-14,23,29H,1,11H2,2-5H3,(H,26,27). The van der Waals surface area contributed by atoms with Gasteiger partial charge in [-0.15, -0.1) is 6.58 Å². The van der Waals surface area contributed by atoms with E-state index in [2.05, 4.69) is 54.9 Å². The molecule has 0 aliphatic carbocycles. The van der Waals surface area contributed by atoms with Crippen LogP contribution in [0.2, 0.25) is 0 Å². The van der Waals surface area contributed by atoms with E-state index >= 15 is 0 Å². The van der Waals surface area contributed by atoms with Crippen LogP contribution in [0.1, 0.15) is 64.1 Å². The van der Waals surface area contributed by atoms with Gasteiger partial charge in [0.25, 0.3) is 5.91 Å². The highest BCUT2D eigenvalue weighted by Gasteiger charge is 2.42. The minimum atomic E-state index is -0.291. The molecule has 1 unspecified atom stereocenters. The molecule has 0 saturated carbocycles. The summed E-state index contributed by atoms with van der Waals surface area (Å²) in [7, 11) is 0. The van der Waals surface area contributed by atoms with Crippen molar-refractivity contribution in [1.29, 1.82) is 0 Å². The number of phenolic OH excluding ortho intramolecular Hbond substituents is 1. The van der Waals surface area contributed by atoms with Crippen molar-refractivity contribution in [1.82, 2.24) is 15.1 Å². The van der Waals surface area contributed by atoms with Crippen molar-refractivity contribution in [2.75, 3.05) is 6.54 Å². The lowest BCUT2D eigenvalue weighted by atomic mass is 9.92. The van der Waals surface area contributed by atoms with Crippen molar-refractivity contribution in [3.05, 3.63) is 82.6 Å². The zero-order valence-electron chi connectivity index (χ0n) is 17.9. The quantitative estimate of drug-likeness (QED) is 0.574. The Labute approximate surface area is 177 Å². The van der Waals surface area contributed by atoms with E-state index in [9.17, 15) is 9.90 Å². The van der Waals surface area contributed by atoms with E-state index in [1.165, 1.54) is 5.56 Å². The number of amides is 1. The normalized spacial score (nSPS) is 15.7. The van der Waals surface area contributed by atoms with Gasteiger partial charge in [0.2, 0.25) is 0 Å². The Hall–Kier alpha value is -3.34. The van der Waals surface area contributed by atoms with Crippen LogP contribution in [0.25, 0.3) is 11.3 Å². The number of aromatic nitrogens is 2. The number of benzene rings is 2. The maximum Gasteiger partial charge on any atom is 0.273 e. The number of hydrogen-bond donors (Lipinski definition) is 2. The van der Waals surface area contributed by atoms with Gasteiger partial charge < -0.3 is 10.0 Å². The van der Waals surface area contributed by atoms with Gasteiger partial charge in [0.05, 0.1) is 6.04 Å². The fourth-order valence-corrected chi connectivity index (χ4v) is 4.28. The topological polar surface area (TPSA) is 69.2 Å². The van der Waals surface area contributed by atoms with Crippen LogP contribution >= 0.6 is 0 Å². The highest BCUT2D eigenvalue weighted by molar-refractivity contribution is 6.00. The number of aromatic amines is 1. The first-order valence-electron chi connectivity index (χ1n) is 10.2. The first-order valence-corrected chi connectivity index (χ1v) is 10.2. The number of carbonyl (C=O) groups excluding carboxylic acids is 1. The van der Waals surface area contributed by atoms with Crippen molar-refractivity contribution >= 4 is 5.91 Å².